The van der Waals surface area contributed by atoms with Gasteiger partial charge in [0, 0.05) is 15.5 Å². The predicted molar refractivity (Wildman–Crippen MR) is 130 cm³/mol. The van der Waals surface area contributed by atoms with Crippen LogP contribution in [0.4, 0.5) is 5.69 Å². The minimum absolute atomic E-state index is 0.0404. The highest BCUT2D eigenvalue weighted by molar-refractivity contribution is 9.10. The van der Waals surface area contributed by atoms with Crippen LogP contribution in [0.1, 0.15) is 24.9 Å². The molecule has 0 radical (unpaired) electrons. The number of amides is 2. The molecule has 0 aromatic heterocycles. The zero-order valence-electron chi connectivity index (χ0n) is 17.6. The molecule has 3 aromatic carbocycles. The summed E-state index contributed by atoms with van der Waals surface area (Å²) in [5.41, 5.74) is 1.06. The number of benzene rings is 3. The molecule has 6 nitrogen and oxygen atoms in total. The highest BCUT2D eigenvalue weighted by atomic mass is 79.9. The molecule has 0 saturated carbocycles. The van der Waals surface area contributed by atoms with Gasteiger partial charge in [-0.2, -0.15) is 4.31 Å². The molecule has 2 amide bonds. The molecule has 0 spiro atoms. The lowest BCUT2D eigenvalue weighted by atomic mass is 10.1. The SMILES string of the molecule is CC(c1ccccc1)N(C1CC(=O)N(c2ccc(Cl)cc2)C1=O)S(=O)(=O)c1ccc(Br)cc1. The molecule has 1 fully saturated rings. The molecule has 1 aliphatic heterocycles. The van der Waals surface area contributed by atoms with E-state index in [1.807, 2.05) is 6.07 Å². The molecule has 3 aromatic rings. The third-order valence-corrected chi connectivity index (χ3v) is 8.34. The molecule has 2 unspecified atom stereocenters. The first-order chi connectivity index (χ1) is 15.7. The molecule has 4 rings (SSSR count). The quantitative estimate of drug-likeness (QED) is 0.398. The van der Waals surface area contributed by atoms with Crippen LogP contribution in [0.3, 0.4) is 0 Å². The summed E-state index contributed by atoms with van der Waals surface area (Å²) in [6.07, 6.45) is -0.256. The maximum absolute atomic E-state index is 13.8. The predicted octanol–water partition coefficient (Wildman–Crippen LogP) is 5.19. The zero-order chi connectivity index (χ0) is 23.8. The van der Waals surface area contributed by atoms with E-state index in [2.05, 4.69) is 15.9 Å². The van der Waals surface area contributed by atoms with Crippen LogP contribution in [0.25, 0.3) is 0 Å². The Morgan fingerprint density at radius 2 is 1.58 bits per heavy atom. The van der Waals surface area contributed by atoms with E-state index in [0.717, 1.165) is 13.7 Å². The zero-order valence-corrected chi connectivity index (χ0v) is 20.7. The van der Waals surface area contributed by atoms with Crippen LogP contribution in [-0.4, -0.2) is 30.6 Å². The average Bonchev–Trinajstić information content (AvgIpc) is 3.08. The first-order valence-corrected chi connectivity index (χ1v) is 12.8. The Morgan fingerprint density at radius 3 is 2.18 bits per heavy atom. The van der Waals surface area contributed by atoms with E-state index < -0.39 is 33.9 Å². The van der Waals surface area contributed by atoms with E-state index in [4.69, 9.17) is 11.6 Å². The van der Waals surface area contributed by atoms with E-state index in [0.29, 0.717) is 16.3 Å². The van der Waals surface area contributed by atoms with Crippen LogP contribution < -0.4 is 4.90 Å². The van der Waals surface area contributed by atoms with Gasteiger partial charge in [-0.15, -0.1) is 0 Å². The Balaban J connectivity index is 1.79. The maximum Gasteiger partial charge on any atom is 0.252 e. The molecule has 9 heteroatoms. The number of carbonyl (C=O) groups is 2. The van der Waals surface area contributed by atoms with Crippen molar-refractivity contribution in [1.29, 1.82) is 0 Å². The van der Waals surface area contributed by atoms with E-state index in [-0.39, 0.29) is 11.3 Å². The number of imide groups is 1. The molecular formula is C24H20BrClN2O4S. The van der Waals surface area contributed by atoms with Gasteiger partial charge in [0.1, 0.15) is 6.04 Å². The molecule has 170 valence electrons. The van der Waals surface area contributed by atoms with E-state index in [9.17, 15) is 18.0 Å². The van der Waals surface area contributed by atoms with Crippen molar-refractivity contribution in [1.82, 2.24) is 4.31 Å². The maximum atomic E-state index is 13.8. The monoisotopic (exact) mass is 546 g/mol. The van der Waals surface area contributed by atoms with Gasteiger partial charge in [-0.1, -0.05) is 57.9 Å². The summed E-state index contributed by atoms with van der Waals surface area (Å²) in [6.45, 7) is 1.72. The fourth-order valence-corrected chi connectivity index (χ4v) is 6.08. The van der Waals surface area contributed by atoms with Crippen molar-refractivity contribution >= 4 is 55.1 Å². The summed E-state index contributed by atoms with van der Waals surface area (Å²) in [7, 11) is -4.13. The van der Waals surface area contributed by atoms with E-state index >= 15 is 0 Å². The van der Waals surface area contributed by atoms with Gasteiger partial charge in [-0.25, -0.2) is 13.3 Å². The number of carbonyl (C=O) groups excluding carboxylic acids is 2. The van der Waals surface area contributed by atoms with Crippen LogP contribution in [0.15, 0.2) is 88.2 Å². The van der Waals surface area contributed by atoms with Crippen molar-refractivity contribution in [2.75, 3.05) is 4.90 Å². The molecule has 2 atom stereocenters. The lowest BCUT2D eigenvalue weighted by molar-refractivity contribution is -0.122. The van der Waals surface area contributed by atoms with Gasteiger partial charge in [-0.05, 0) is 61.0 Å². The molecule has 0 N–H and O–H groups in total. The normalized spacial score (nSPS) is 17.6. The molecule has 1 saturated heterocycles. The Labute approximate surface area is 206 Å². The van der Waals surface area contributed by atoms with Gasteiger partial charge >= 0.3 is 0 Å². The van der Waals surface area contributed by atoms with Gasteiger partial charge in [0.25, 0.3) is 5.91 Å². The summed E-state index contributed by atoms with van der Waals surface area (Å²) in [6, 6.07) is 19.6. The van der Waals surface area contributed by atoms with Crippen molar-refractivity contribution in [2.24, 2.45) is 0 Å². The minimum Gasteiger partial charge on any atom is -0.274 e. The number of nitrogens with zero attached hydrogens (tertiary/aromatic N) is 2. The van der Waals surface area contributed by atoms with Crippen LogP contribution in [0.2, 0.25) is 5.02 Å². The number of rotatable bonds is 6. The summed E-state index contributed by atoms with van der Waals surface area (Å²) < 4.78 is 29.5. The van der Waals surface area contributed by atoms with Crippen molar-refractivity contribution in [3.05, 3.63) is 93.9 Å². The number of halogens is 2. The smallest absolute Gasteiger partial charge is 0.252 e. The van der Waals surface area contributed by atoms with Gasteiger partial charge in [0.05, 0.1) is 17.0 Å². The first-order valence-electron chi connectivity index (χ1n) is 10.2. The van der Waals surface area contributed by atoms with Crippen LogP contribution >= 0.6 is 27.5 Å². The van der Waals surface area contributed by atoms with Crippen molar-refractivity contribution < 1.29 is 18.0 Å². The molecule has 1 aliphatic rings. The fraction of sp³-hybridized carbons (Fsp3) is 0.167. The molecule has 0 bridgehead atoms. The average molecular weight is 548 g/mol. The van der Waals surface area contributed by atoms with Crippen molar-refractivity contribution in [3.63, 3.8) is 0 Å². The highest BCUT2D eigenvalue weighted by Crippen LogP contribution is 2.36. The third kappa shape index (κ3) is 4.61. The topological polar surface area (TPSA) is 74.8 Å². The van der Waals surface area contributed by atoms with E-state index in [1.165, 1.54) is 12.1 Å². The number of hydrogen-bond acceptors (Lipinski definition) is 4. The second kappa shape index (κ2) is 9.38. The van der Waals surface area contributed by atoms with Crippen LogP contribution in [0, 0.1) is 0 Å². The van der Waals surface area contributed by atoms with Crippen LogP contribution in [-0.2, 0) is 19.6 Å². The Hall–Kier alpha value is -2.52. The second-order valence-electron chi connectivity index (χ2n) is 7.64. The van der Waals surface area contributed by atoms with Crippen molar-refractivity contribution in [3.8, 4) is 0 Å². The third-order valence-electron chi connectivity index (χ3n) is 5.57. The summed E-state index contributed by atoms with van der Waals surface area (Å²) in [5.74, 6) is -1.06. The Kier molecular flexibility index (Phi) is 6.72. The Morgan fingerprint density at radius 1 is 0.970 bits per heavy atom. The molecule has 33 heavy (non-hydrogen) atoms. The van der Waals surface area contributed by atoms with Crippen molar-refractivity contribution in [2.45, 2.75) is 30.3 Å². The lowest BCUT2D eigenvalue weighted by Crippen LogP contribution is -2.46. The van der Waals surface area contributed by atoms with Gasteiger partial charge in [0.15, 0.2) is 0 Å². The first kappa shape index (κ1) is 23.6. The fourth-order valence-electron chi connectivity index (χ4n) is 3.93. The second-order valence-corrected chi connectivity index (χ2v) is 10.8. The largest absolute Gasteiger partial charge is 0.274 e. The number of anilines is 1. The summed E-state index contributed by atoms with van der Waals surface area (Å²) in [4.78, 5) is 27.4. The molecule has 1 heterocycles. The Bertz CT molecular complexity index is 1280. The molecular weight excluding hydrogens is 528 g/mol. The number of sulfonamides is 1. The van der Waals surface area contributed by atoms with Gasteiger partial charge < -0.3 is 0 Å². The van der Waals surface area contributed by atoms with Crippen LogP contribution in [0.5, 0.6) is 0 Å². The summed E-state index contributed by atoms with van der Waals surface area (Å²) >= 11 is 9.25. The molecule has 0 aliphatic carbocycles. The lowest BCUT2D eigenvalue weighted by Gasteiger charge is -2.32. The van der Waals surface area contributed by atoms with Gasteiger partial charge in [-0.3, -0.25) is 9.59 Å². The van der Waals surface area contributed by atoms with E-state index in [1.54, 1.807) is 67.6 Å². The highest BCUT2D eigenvalue weighted by Gasteiger charge is 2.48. The summed E-state index contributed by atoms with van der Waals surface area (Å²) in [5, 5.41) is 0.464. The number of hydrogen-bond donors (Lipinski definition) is 0. The van der Waals surface area contributed by atoms with Gasteiger partial charge in [0.2, 0.25) is 15.9 Å². The standard InChI is InChI=1S/C24H20BrClN2O4S/c1-16(17-5-3-2-4-6-17)28(33(31,32)21-13-7-18(25)8-14-21)22-15-23(29)27(24(22)30)20-11-9-19(26)10-12-20/h2-14,16,22H,15H2,1H3. The minimum atomic E-state index is -4.13.